The number of carbonyl (C=O) groups is 1. The Kier molecular flexibility index (Phi) is 3.59. The van der Waals surface area contributed by atoms with Gasteiger partial charge in [0.25, 0.3) is 0 Å². The van der Waals surface area contributed by atoms with Gasteiger partial charge in [0.05, 0.1) is 0 Å². The van der Waals surface area contributed by atoms with Crippen LogP contribution in [0.5, 0.6) is 0 Å². The molecule has 0 spiro atoms. The maximum absolute atomic E-state index is 10.8. The van der Waals surface area contributed by atoms with Crippen LogP contribution in [0.4, 0.5) is 0 Å². The second kappa shape index (κ2) is 4.50. The molecule has 0 heterocycles. The number of primary amides is 1. The first-order valence-electron chi connectivity index (χ1n) is 3.79. The van der Waals surface area contributed by atoms with E-state index in [9.17, 15) is 4.79 Å². The van der Waals surface area contributed by atoms with E-state index in [0.29, 0.717) is 0 Å². The van der Waals surface area contributed by atoms with Crippen molar-refractivity contribution in [3.63, 3.8) is 0 Å². The topological polar surface area (TPSA) is 43.1 Å². The van der Waals surface area contributed by atoms with Crippen LogP contribution in [0.1, 0.15) is 5.56 Å². The molecule has 2 radical (unpaired) electrons. The Morgan fingerprint density at radius 3 is 2.50 bits per heavy atom. The number of rotatable bonds is 3. The molecule has 2 N–H and O–H groups in total. The Morgan fingerprint density at radius 1 is 1.42 bits per heavy atom. The molecule has 0 fully saturated rings. The molecule has 0 bridgehead atoms. The Morgan fingerprint density at radius 2 is 2.00 bits per heavy atom. The van der Waals surface area contributed by atoms with Gasteiger partial charge in [-0.15, -0.1) is 0 Å². The molecule has 0 saturated carbocycles. The average Bonchev–Trinajstić information content (AvgIpc) is 2.06. The summed E-state index contributed by atoms with van der Waals surface area (Å²) in [7, 11) is 0. The molecule has 0 aliphatic rings. The van der Waals surface area contributed by atoms with Gasteiger partial charge in [-0.05, 0) is 0 Å². The predicted molar refractivity (Wildman–Crippen MR) is 50.2 cm³/mol. The Bertz CT molecular complexity index is 260. The van der Waals surface area contributed by atoms with Gasteiger partial charge in [-0.2, -0.15) is 0 Å². The second-order valence-electron chi connectivity index (χ2n) is 2.70. The number of hydrogen-bond donors (Lipinski definition) is 1. The SMILES string of the molecule is NC(=O)[CH]([SnH])Cc1ccccc1. The van der Waals surface area contributed by atoms with Gasteiger partial charge in [0.2, 0.25) is 0 Å². The van der Waals surface area contributed by atoms with Crippen molar-refractivity contribution >= 4 is 28.4 Å². The molecule has 1 aromatic rings. The van der Waals surface area contributed by atoms with Crippen LogP contribution < -0.4 is 5.73 Å². The average molecular weight is 268 g/mol. The summed E-state index contributed by atoms with van der Waals surface area (Å²) in [6.07, 6.45) is 0.790. The van der Waals surface area contributed by atoms with Crippen molar-refractivity contribution in [1.29, 1.82) is 0 Å². The molecule has 12 heavy (non-hydrogen) atoms. The number of amides is 1. The van der Waals surface area contributed by atoms with Crippen LogP contribution in [0.3, 0.4) is 0 Å². The molecule has 1 unspecified atom stereocenters. The Labute approximate surface area is 85.2 Å². The summed E-state index contributed by atoms with van der Waals surface area (Å²) in [5, 5.41) is 0. The van der Waals surface area contributed by atoms with E-state index in [0.717, 1.165) is 28.9 Å². The fourth-order valence-corrected chi connectivity index (χ4v) is 1.75. The normalized spacial score (nSPS) is 12.4. The molecule has 62 valence electrons. The summed E-state index contributed by atoms with van der Waals surface area (Å²) in [6, 6.07) is 9.96. The molecule has 3 heteroatoms. The molecule has 1 aromatic carbocycles. The van der Waals surface area contributed by atoms with E-state index in [4.69, 9.17) is 5.73 Å². The van der Waals surface area contributed by atoms with Crippen LogP contribution in [0, 0.1) is 0 Å². The van der Waals surface area contributed by atoms with E-state index >= 15 is 0 Å². The number of nitrogens with two attached hydrogens (primary N) is 1. The van der Waals surface area contributed by atoms with Crippen molar-refractivity contribution in [3.05, 3.63) is 35.9 Å². The Hall–Kier alpha value is -0.511. The summed E-state index contributed by atoms with van der Waals surface area (Å²) in [4.78, 5) is 10.8. The van der Waals surface area contributed by atoms with Crippen LogP contribution in [-0.4, -0.2) is 28.4 Å². The Balaban J connectivity index is 2.58. The fourth-order valence-electron chi connectivity index (χ4n) is 0.969. The maximum atomic E-state index is 10.8. The zero-order valence-electron chi connectivity index (χ0n) is 6.73. The molecular weight excluding hydrogens is 257 g/mol. The molecule has 0 aromatic heterocycles. The van der Waals surface area contributed by atoms with Crippen molar-refractivity contribution in [2.75, 3.05) is 0 Å². The summed E-state index contributed by atoms with van der Waals surface area (Å²) >= 11 is 0.898. The van der Waals surface area contributed by atoms with Gasteiger partial charge in [0, 0.05) is 0 Å². The van der Waals surface area contributed by atoms with Crippen molar-refractivity contribution < 1.29 is 4.79 Å². The van der Waals surface area contributed by atoms with E-state index in [1.807, 2.05) is 30.3 Å². The standard InChI is InChI=1S/C9H10NO.Sn.H/c10-9(11)7-6-8-4-2-1-3-5-8;;/h1-5,7H,6H2,(H2,10,11);;. The summed E-state index contributed by atoms with van der Waals surface area (Å²) in [6.45, 7) is 0. The summed E-state index contributed by atoms with van der Waals surface area (Å²) in [5.41, 5.74) is 6.37. The van der Waals surface area contributed by atoms with Gasteiger partial charge in [0.15, 0.2) is 0 Å². The van der Waals surface area contributed by atoms with E-state index in [1.54, 1.807) is 0 Å². The molecule has 2 nitrogen and oxygen atoms in total. The quantitative estimate of drug-likeness (QED) is 0.792. The van der Waals surface area contributed by atoms with Crippen molar-refractivity contribution in [2.24, 2.45) is 5.73 Å². The van der Waals surface area contributed by atoms with Crippen LogP contribution in [0.15, 0.2) is 30.3 Å². The zero-order chi connectivity index (χ0) is 8.97. The molecular formula is C9H11NOSn. The number of carbonyl (C=O) groups excluding carboxylic acids is 1. The third-order valence-corrected chi connectivity index (χ3v) is 3.27. The van der Waals surface area contributed by atoms with Gasteiger partial charge >= 0.3 is 85.2 Å². The van der Waals surface area contributed by atoms with Gasteiger partial charge in [-0.25, -0.2) is 0 Å². The van der Waals surface area contributed by atoms with Crippen molar-refractivity contribution in [2.45, 2.75) is 10.4 Å². The third-order valence-electron chi connectivity index (χ3n) is 1.66. The second-order valence-corrected chi connectivity index (χ2v) is 5.00. The molecule has 1 rings (SSSR count). The van der Waals surface area contributed by atoms with Crippen molar-refractivity contribution in [1.82, 2.24) is 0 Å². The third kappa shape index (κ3) is 2.85. The first-order chi connectivity index (χ1) is 5.70. The van der Waals surface area contributed by atoms with Gasteiger partial charge < -0.3 is 0 Å². The zero-order valence-corrected chi connectivity index (χ0v) is 10.0. The molecule has 0 saturated heterocycles. The fraction of sp³-hybridized carbons (Fsp3) is 0.222. The minimum absolute atomic E-state index is 0.0535. The van der Waals surface area contributed by atoms with E-state index in [1.165, 1.54) is 5.56 Å². The van der Waals surface area contributed by atoms with Gasteiger partial charge in [0.1, 0.15) is 0 Å². The monoisotopic (exact) mass is 269 g/mol. The number of benzene rings is 1. The summed E-state index contributed by atoms with van der Waals surface area (Å²) in [5.74, 6) is -0.179. The minimum atomic E-state index is -0.179. The number of hydrogen-bond acceptors (Lipinski definition) is 1. The molecule has 0 aliphatic carbocycles. The predicted octanol–water partition coefficient (Wildman–Crippen LogP) is 0.404. The van der Waals surface area contributed by atoms with Gasteiger partial charge in [-0.3, -0.25) is 0 Å². The first-order valence-corrected chi connectivity index (χ1v) is 5.69. The van der Waals surface area contributed by atoms with Crippen LogP contribution in [-0.2, 0) is 11.2 Å². The van der Waals surface area contributed by atoms with Crippen LogP contribution in [0.25, 0.3) is 0 Å². The van der Waals surface area contributed by atoms with Crippen molar-refractivity contribution in [3.8, 4) is 0 Å². The van der Waals surface area contributed by atoms with E-state index in [2.05, 4.69) is 0 Å². The van der Waals surface area contributed by atoms with Crippen LogP contribution in [0.2, 0.25) is 3.93 Å². The summed E-state index contributed by atoms with van der Waals surface area (Å²) < 4.78 is 0.0535. The van der Waals surface area contributed by atoms with E-state index < -0.39 is 0 Å². The molecule has 0 aliphatic heterocycles. The molecule has 1 atom stereocenters. The van der Waals surface area contributed by atoms with Crippen LogP contribution >= 0.6 is 0 Å². The van der Waals surface area contributed by atoms with Gasteiger partial charge in [-0.1, -0.05) is 0 Å². The van der Waals surface area contributed by atoms with E-state index in [-0.39, 0.29) is 9.84 Å². The molecule has 1 amide bonds. The first kappa shape index (κ1) is 9.58.